The van der Waals surface area contributed by atoms with Crippen LogP contribution < -0.4 is 15.0 Å². The molecule has 0 aliphatic carbocycles. The second-order valence-corrected chi connectivity index (χ2v) is 14.9. The molecule has 2 aliphatic rings. The van der Waals surface area contributed by atoms with E-state index in [-0.39, 0.29) is 24.3 Å². The number of hydrogen-bond donors (Lipinski definition) is 1. The number of nitrogens with zero attached hydrogens (tertiary/aromatic N) is 4. The molecule has 2 amide bonds. The maximum atomic E-state index is 14.3. The highest BCUT2D eigenvalue weighted by Crippen LogP contribution is 2.45. The molecule has 0 radical (unpaired) electrons. The van der Waals surface area contributed by atoms with E-state index < -0.39 is 57.0 Å². The Kier molecular flexibility index (Phi) is 9.97. The Labute approximate surface area is 295 Å². The number of carbonyl (C=O) groups is 3. The van der Waals surface area contributed by atoms with Crippen molar-refractivity contribution in [2.45, 2.75) is 68.6 Å². The van der Waals surface area contributed by atoms with Crippen molar-refractivity contribution in [3.05, 3.63) is 102 Å². The van der Waals surface area contributed by atoms with E-state index in [9.17, 15) is 22.8 Å². The fourth-order valence-electron chi connectivity index (χ4n) is 6.13. The molecule has 2 aliphatic heterocycles. The normalized spacial score (nSPS) is 21.2. The van der Waals surface area contributed by atoms with Crippen molar-refractivity contribution < 1.29 is 41.7 Å². The molecule has 3 heterocycles. The van der Waals surface area contributed by atoms with Crippen LogP contribution in [0.15, 0.2) is 90.0 Å². The standard InChI is InChI=1S/C36H39N5O9S/c1-24-10-17-29(18-11-24)51(45,46)23-37-33(43)36(50-31(42)19-12-26-21-40(39-38-26)20-25-8-6-5-7-9-25)32(30-22-48-35(2,3)49-30)41(34(36)44)27-13-15-28(47-4)16-14-27/h5-11,13-18,21,30,32H,12,19-20,22-23H2,1-4H3,(H,37,43)/t30-,32+,36+/m1/s1. The molecule has 1 aromatic heterocycles. The number of carbonyl (C=O) groups excluding carboxylic acids is 3. The van der Waals surface area contributed by atoms with Crippen molar-refractivity contribution >= 4 is 33.3 Å². The number of ether oxygens (including phenoxy) is 4. The predicted octanol–water partition coefficient (Wildman–Crippen LogP) is 2.97. The quantitative estimate of drug-likeness (QED) is 0.123. The van der Waals surface area contributed by atoms with Crippen molar-refractivity contribution in [3.63, 3.8) is 0 Å². The van der Waals surface area contributed by atoms with E-state index in [1.807, 2.05) is 37.3 Å². The Morgan fingerprint density at radius 2 is 1.73 bits per heavy atom. The number of amides is 2. The van der Waals surface area contributed by atoms with Gasteiger partial charge in [-0.3, -0.25) is 19.3 Å². The van der Waals surface area contributed by atoms with Crippen LogP contribution in [0, 0.1) is 6.92 Å². The van der Waals surface area contributed by atoms with Gasteiger partial charge in [-0.25, -0.2) is 13.1 Å². The van der Waals surface area contributed by atoms with Crippen LogP contribution >= 0.6 is 0 Å². The molecule has 2 saturated heterocycles. The summed E-state index contributed by atoms with van der Waals surface area (Å²) < 4.78 is 51.2. The molecule has 51 heavy (non-hydrogen) atoms. The minimum absolute atomic E-state index is 0.0228. The minimum atomic E-state index is -4.04. The van der Waals surface area contributed by atoms with Gasteiger partial charge in [-0.15, -0.1) is 5.10 Å². The third-order valence-electron chi connectivity index (χ3n) is 8.74. The van der Waals surface area contributed by atoms with Crippen molar-refractivity contribution in [1.29, 1.82) is 0 Å². The molecule has 0 saturated carbocycles. The second kappa shape index (κ2) is 14.2. The first-order chi connectivity index (χ1) is 24.3. The molecule has 1 N–H and O–H groups in total. The van der Waals surface area contributed by atoms with Crippen molar-refractivity contribution in [3.8, 4) is 5.75 Å². The average Bonchev–Trinajstić information content (AvgIpc) is 3.72. The Bertz CT molecular complexity index is 2000. The molecular formula is C36H39N5O9S. The van der Waals surface area contributed by atoms with Crippen LogP contribution in [0.5, 0.6) is 5.75 Å². The fraction of sp³-hybridized carbons (Fsp3) is 0.361. The van der Waals surface area contributed by atoms with Gasteiger partial charge in [-0.1, -0.05) is 53.2 Å². The molecule has 3 aromatic carbocycles. The molecular weight excluding hydrogens is 678 g/mol. The van der Waals surface area contributed by atoms with Crippen LogP contribution in [0.25, 0.3) is 0 Å². The van der Waals surface area contributed by atoms with Gasteiger partial charge in [0, 0.05) is 18.3 Å². The number of anilines is 1. The highest BCUT2D eigenvalue weighted by atomic mass is 32.2. The molecule has 0 unspecified atom stereocenters. The lowest BCUT2D eigenvalue weighted by Gasteiger charge is -2.54. The summed E-state index contributed by atoms with van der Waals surface area (Å²) in [6.45, 7) is 5.60. The largest absolute Gasteiger partial charge is 0.497 e. The van der Waals surface area contributed by atoms with E-state index in [1.54, 1.807) is 61.1 Å². The van der Waals surface area contributed by atoms with E-state index in [0.717, 1.165) is 11.1 Å². The molecule has 0 bridgehead atoms. The van der Waals surface area contributed by atoms with Gasteiger partial charge in [0.1, 0.15) is 23.8 Å². The lowest BCUT2D eigenvalue weighted by atomic mass is 9.77. The Morgan fingerprint density at radius 1 is 1.02 bits per heavy atom. The van der Waals surface area contributed by atoms with E-state index in [0.29, 0.717) is 23.7 Å². The zero-order chi connectivity index (χ0) is 36.4. The van der Waals surface area contributed by atoms with Crippen molar-refractivity contribution in [2.75, 3.05) is 24.5 Å². The number of benzene rings is 3. The molecule has 3 atom stereocenters. The maximum Gasteiger partial charge on any atom is 0.307 e. The van der Waals surface area contributed by atoms with E-state index >= 15 is 0 Å². The highest BCUT2D eigenvalue weighted by molar-refractivity contribution is 7.91. The maximum absolute atomic E-state index is 14.3. The number of sulfone groups is 1. The van der Waals surface area contributed by atoms with Crippen LogP contribution in [0.2, 0.25) is 0 Å². The van der Waals surface area contributed by atoms with Crippen LogP contribution in [0.4, 0.5) is 5.69 Å². The summed E-state index contributed by atoms with van der Waals surface area (Å²) in [4.78, 5) is 43.4. The summed E-state index contributed by atoms with van der Waals surface area (Å²) in [6, 6.07) is 21.1. The third-order valence-corrected chi connectivity index (χ3v) is 10.3. The van der Waals surface area contributed by atoms with Crippen LogP contribution in [-0.4, -0.2) is 84.3 Å². The predicted molar refractivity (Wildman–Crippen MR) is 183 cm³/mol. The van der Waals surface area contributed by atoms with Gasteiger partial charge in [0.2, 0.25) is 0 Å². The fourth-order valence-corrected chi connectivity index (χ4v) is 7.17. The van der Waals surface area contributed by atoms with E-state index in [1.165, 1.54) is 24.1 Å². The van der Waals surface area contributed by atoms with Crippen LogP contribution in [0.3, 0.4) is 0 Å². The number of β-lactam (4-membered cyclic amide) rings is 1. The summed E-state index contributed by atoms with van der Waals surface area (Å²) in [5.74, 6) is -4.26. The highest BCUT2D eigenvalue weighted by Gasteiger charge is 2.73. The van der Waals surface area contributed by atoms with Gasteiger partial charge in [0.15, 0.2) is 15.6 Å². The lowest BCUT2D eigenvalue weighted by Crippen LogP contribution is -2.84. The SMILES string of the molecule is COc1ccc(N2C(=O)[C@@](OC(=O)CCc3cn(Cc4ccccc4)nn3)(C(=O)NCS(=O)(=O)c3ccc(C)cc3)[C@@H]2[C@H]2COC(C)(C)O2)cc1. The number of esters is 1. The number of aromatic nitrogens is 3. The topological polar surface area (TPSA) is 168 Å². The molecule has 268 valence electrons. The molecule has 2 fully saturated rings. The molecule has 14 nitrogen and oxygen atoms in total. The summed E-state index contributed by atoms with van der Waals surface area (Å²) in [5.41, 5.74) is 0.255. The smallest absolute Gasteiger partial charge is 0.307 e. The first-order valence-corrected chi connectivity index (χ1v) is 18.0. The number of rotatable bonds is 13. The Hall–Kier alpha value is -5.12. The number of hydrogen-bond acceptors (Lipinski definition) is 11. The summed E-state index contributed by atoms with van der Waals surface area (Å²) in [5, 5.41) is 10.7. The zero-order valence-electron chi connectivity index (χ0n) is 28.6. The number of nitrogens with one attached hydrogen (secondary N) is 1. The Balaban J connectivity index is 1.28. The molecule has 4 aromatic rings. The van der Waals surface area contributed by atoms with Gasteiger partial charge in [0.25, 0.3) is 17.4 Å². The summed E-state index contributed by atoms with van der Waals surface area (Å²) >= 11 is 0. The van der Waals surface area contributed by atoms with E-state index in [2.05, 4.69) is 15.6 Å². The van der Waals surface area contributed by atoms with Gasteiger partial charge >= 0.3 is 5.97 Å². The third kappa shape index (κ3) is 7.50. The van der Waals surface area contributed by atoms with Crippen LogP contribution in [-0.2, 0) is 51.4 Å². The zero-order valence-corrected chi connectivity index (χ0v) is 29.5. The number of methoxy groups -OCH3 is 1. The first kappa shape index (κ1) is 35.7. The minimum Gasteiger partial charge on any atom is -0.497 e. The average molecular weight is 718 g/mol. The monoisotopic (exact) mass is 717 g/mol. The second-order valence-electron chi connectivity index (χ2n) is 12.9. The number of aryl methyl sites for hydroxylation is 2. The molecule has 0 spiro atoms. The summed E-state index contributed by atoms with van der Waals surface area (Å²) in [7, 11) is -2.54. The van der Waals surface area contributed by atoms with Gasteiger partial charge < -0.3 is 24.3 Å². The Morgan fingerprint density at radius 3 is 2.37 bits per heavy atom. The molecule has 6 rings (SSSR count). The van der Waals surface area contributed by atoms with Gasteiger partial charge in [-0.2, -0.15) is 0 Å². The first-order valence-electron chi connectivity index (χ1n) is 16.3. The van der Waals surface area contributed by atoms with Crippen LogP contribution in [0.1, 0.15) is 37.1 Å². The van der Waals surface area contributed by atoms with Crippen molar-refractivity contribution in [1.82, 2.24) is 20.3 Å². The van der Waals surface area contributed by atoms with E-state index in [4.69, 9.17) is 18.9 Å². The molecule has 15 heteroatoms. The van der Waals surface area contributed by atoms with Crippen molar-refractivity contribution in [2.24, 2.45) is 0 Å². The van der Waals surface area contributed by atoms with Gasteiger partial charge in [-0.05, 0) is 62.7 Å². The lowest BCUT2D eigenvalue weighted by molar-refractivity contribution is -0.195. The summed E-state index contributed by atoms with van der Waals surface area (Å²) in [6.07, 6.45) is 0.610. The van der Waals surface area contributed by atoms with Gasteiger partial charge in [0.05, 0.1) is 37.3 Å².